The van der Waals surface area contributed by atoms with Crippen LogP contribution >= 0.6 is 0 Å². The molecule has 2 fully saturated rings. The number of benzene rings is 4. The molecule has 78 heavy (non-hydrogen) atoms. The summed E-state index contributed by atoms with van der Waals surface area (Å²) < 4.78 is 19.0. The van der Waals surface area contributed by atoms with Gasteiger partial charge in [-0.05, 0) is 110 Å². The summed E-state index contributed by atoms with van der Waals surface area (Å²) in [6.45, 7) is -2.62. The molecular weight excluding hydrogens is 1030 g/mol. The lowest BCUT2D eigenvalue weighted by molar-refractivity contribution is -0.440. The monoisotopic (exact) mass is 1080 g/mol. The van der Waals surface area contributed by atoms with E-state index in [1.807, 2.05) is 0 Å². The lowest BCUT2D eigenvalue weighted by Crippen LogP contribution is -2.80. The highest BCUT2D eigenvalue weighted by Gasteiger charge is 2.71. The van der Waals surface area contributed by atoms with Crippen molar-refractivity contribution in [3.05, 3.63) is 131 Å². The van der Waals surface area contributed by atoms with E-state index in [4.69, 9.17) is 25.7 Å². The molecule has 28 heteroatoms. The second-order valence-corrected chi connectivity index (χ2v) is 18.8. The second kappa shape index (κ2) is 18.8. The molecule has 0 saturated carbocycles. The molecule has 4 aliphatic rings. The van der Waals surface area contributed by atoms with E-state index in [2.05, 4.69) is 10.2 Å². The number of fused-ring (bicyclic) bond motifs is 2. The molecule has 6 heterocycles. The highest BCUT2D eigenvalue weighted by Crippen LogP contribution is 2.40. The minimum atomic E-state index is -4.05. The van der Waals surface area contributed by atoms with Gasteiger partial charge in [0.15, 0.2) is 18.2 Å². The third-order valence-electron chi connectivity index (χ3n) is 14.0. The molecule has 4 aromatic carbocycles. The number of aliphatic hydroxyl groups is 9. The van der Waals surface area contributed by atoms with Gasteiger partial charge in [-0.25, -0.2) is 9.36 Å². The van der Waals surface area contributed by atoms with Crippen molar-refractivity contribution in [1.82, 2.24) is 19.6 Å². The molecule has 2 aromatic heterocycles. The first-order valence-corrected chi connectivity index (χ1v) is 23.6. The fourth-order valence-corrected chi connectivity index (χ4v) is 9.71. The van der Waals surface area contributed by atoms with Crippen molar-refractivity contribution in [2.75, 3.05) is 59.7 Å². The van der Waals surface area contributed by atoms with Crippen LogP contribution in [0.2, 0.25) is 0 Å². The summed E-state index contributed by atoms with van der Waals surface area (Å²) in [5, 5.41) is 103. The van der Waals surface area contributed by atoms with Gasteiger partial charge in [0, 0.05) is 47.0 Å². The van der Waals surface area contributed by atoms with Gasteiger partial charge in [0.2, 0.25) is 23.3 Å². The van der Waals surface area contributed by atoms with Gasteiger partial charge in [0.05, 0.1) is 38.0 Å². The average Bonchev–Trinajstić information content (AvgIpc) is 4.09. The van der Waals surface area contributed by atoms with E-state index in [9.17, 15) is 74.7 Å². The summed E-state index contributed by atoms with van der Waals surface area (Å²) in [7, 11) is 1.50. The molecular formula is C50H48N10O18. The van der Waals surface area contributed by atoms with Crippen LogP contribution in [0, 0.1) is 0 Å². The Kier molecular flexibility index (Phi) is 12.7. The first-order chi connectivity index (χ1) is 36.8. The average molecular weight is 1080 g/mol. The number of rotatable bonds is 13. The van der Waals surface area contributed by atoms with Crippen LogP contribution in [0.25, 0.3) is 11.4 Å². The Bertz CT molecular complexity index is 3430. The molecule has 13 N–H and O–H groups in total. The number of carbonyl (C=O) groups is 6. The largest absolute Gasteiger partial charge is 0.497 e. The van der Waals surface area contributed by atoms with E-state index >= 15 is 0 Å². The summed E-state index contributed by atoms with van der Waals surface area (Å²) >= 11 is 0. The van der Waals surface area contributed by atoms with E-state index in [1.54, 1.807) is 36.4 Å². The van der Waals surface area contributed by atoms with E-state index in [1.165, 1.54) is 86.9 Å². The van der Waals surface area contributed by atoms with Crippen LogP contribution in [0.15, 0.2) is 97.1 Å². The van der Waals surface area contributed by atoms with Crippen LogP contribution in [0.3, 0.4) is 0 Å². The van der Waals surface area contributed by atoms with Crippen molar-refractivity contribution in [3.63, 3.8) is 0 Å². The quantitative estimate of drug-likeness (QED) is 0.0521. The van der Waals surface area contributed by atoms with E-state index in [0.717, 1.165) is 4.90 Å². The number of methoxy groups -OCH3 is 1. The summed E-state index contributed by atoms with van der Waals surface area (Å²) in [5.41, 5.74) is 13.2. The minimum absolute atomic E-state index is 0.00971. The number of hydrogen-bond donors (Lipinski definition) is 11. The molecule has 1 atom stereocenters. The number of nitrogens with zero attached hydrogens (tertiary/aromatic N) is 8. The number of carbonyl (C=O) groups excluding carboxylic acids is 6. The molecule has 0 radical (unpaired) electrons. The van der Waals surface area contributed by atoms with Gasteiger partial charge in [-0.3, -0.25) is 28.8 Å². The molecule has 10 rings (SSSR count). The Hall–Kier alpha value is -8.68. The number of β-amino-alcohol motifs (C(OH)–C–C–N with tert-alkyl or cyclic N) is 3. The number of nitrogens with two attached hydrogens (primary N) is 2. The number of piperidine rings is 2. The van der Waals surface area contributed by atoms with Crippen LogP contribution < -0.4 is 40.5 Å². The van der Waals surface area contributed by atoms with Gasteiger partial charge in [-0.1, -0.05) is 0 Å². The zero-order valence-corrected chi connectivity index (χ0v) is 40.8. The van der Waals surface area contributed by atoms with Gasteiger partial charge in [0.25, 0.3) is 35.3 Å². The first kappa shape index (κ1) is 52.7. The van der Waals surface area contributed by atoms with Crippen molar-refractivity contribution in [3.8, 4) is 22.9 Å². The Labute approximate surface area is 438 Å². The van der Waals surface area contributed by atoms with Gasteiger partial charge in [-0.2, -0.15) is 10.2 Å². The standard InChI is InChI=1S/C50H48N10O18/c1-76-32-14-10-30(11-15-32)59-39-34(37(53-59)41(51)62)18-20-55(43(39)64)26-2-6-28(7-3-26)57-24-48(71,46(67,68)22-36(57)61)78-25-77-33-16-12-31(13-17-33)60-40-35(38(54-60)42(52)63)19-21-56(44(40)65)27-4-8-29(9-5-27)58-23-47(69,70)50(74,75)49(72,73)45(58)66/h2-17,67-75H,18-25H2,1H3,(H2,51,62)(H2,52,63). The smallest absolute Gasteiger partial charge is 0.306 e. The van der Waals surface area contributed by atoms with Crippen LogP contribution in [0.5, 0.6) is 11.5 Å². The number of hydrogen-bond acceptors (Lipinski definition) is 20. The Balaban J connectivity index is 0.812. The summed E-state index contributed by atoms with van der Waals surface area (Å²) in [6.07, 6.45) is -0.683. The van der Waals surface area contributed by atoms with Crippen molar-refractivity contribution < 1.29 is 88.9 Å². The predicted octanol–water partition coefficient (Wildman–Crippen LogP) is -2.78. The van der Waals surface area contributed by atoms with Crippen LogP contribution in [-0.2, 0) is 27.2 Å². The normalized spacial score (nSPS) is 20.3. The summed E-state index contributed by atoms with van der Waals surface area (Å²) in [6, 6.07) is 23.6. The van der Waals surface area contributed by atoms with Crippen LogP contribution in [-0.4, -0.2) is 170 Å². The number of amides is 6. The van der Waals surface area contributed by atoms with Crippen LogP contribution in [0.4, 0.5) is 22.7 Å². The summed E-state index contributed by atoms with van der Waals surface area (Å²) in [4.78, 5) is 83.7. The van der Waals surface area contributed by atoms with E-state index in [0.29, 0.717) is 27.6 Å². The molecule has 6 aromatic rings. The van der Waals surface area contributed by atoms with E-state index < -0.39 is 90.7 Å². The fraction of sp³-hybridized carbons (Fsp3) is 0.280. The number of anilines is 4. The van der Waals surface area contributed by atoms with Crippen molar-refractivity contribution >= 4 is 58.2 Å². The zero-order valence-electron chi connectivity index (χ0n) is 40.8. The SMILES string of the molecule is COc1ccc(-n2nc(C(N)=O)c3c2C(=O)N(c2ccc(N4CC(O)(OCOc5ccc(-n6nc(C(N)=O)c7c6C(=O)N(c6ccc(N8CC(O)(O)C(O)(O)C(O)(O)C8=O)cc6)CC7)cc5)C(O)(O)CC4=O)cc2)CC3)cc1. The molecule has 0 spiro atoms. The predicted molar refractivity (Wildman–Crippen MR) is 264 cm³/mol. The van der Waals surface area contributed by atoms with Gasteiger partial charge in [0.1, 0.15) is 22.9 Å². The summed E-state index contributed by atoms with van der Waals surface area (Å²) in [5.74, 6) is -22.3. The highest BCUT2D eigenvalue weighted by molar-refractivity contribution is 6.11. The highest BCUT2D eigenvalue weighted by atomic mass is 16.7. The molecule has 2 saturated heterocycles. The van der Waals surface area contributed by atoms with E-state index in [-0.39, 0.29) is 82.8 Å². The molecule has 28 nitrogen and oxygen atoms in total. The third-order valence-corrected chi connectivity index (χ3v) is 14.0. The number of primary amides is 2. The zero-order chi connectivity index (χ0) is 56.0. The Morgan fingerprint density at radius 2 is 0.962 bits per heavy atom. The maximum Gasteiger partial charge on any atom is 0.306 e. The number of ether oxygens (including phenoxy) is 3. The van der Waals surface area contributed by atoms with Crippen molar-refractivity contribution in [2.24, 2.45) is 11.5 Å². The lowest BCUT2D eigenvalue weighted by Gasteiger charge is -2.49. The molecule has 4 aliphatic heterocycles. The molecule has 406 valence electrons. The minimum Gasteiger partial charge on any atom is -0.497 e. The molecule has 0 bridgehead atoms. The maximum atomic E-state index is 14.2. The first-order valence-electron chi connectivity index (χ1n) is 23.6. The van der Waals surface area contributed by atoms with Gasteiger partial charge < -0.3 is 91.2 Å². The Morgan fingerprint density at radius 3 is 1.40 bits per heavy atom. The maximum absolute atomic E-state index is 14.2. The Morgan fingerprint density at radius 1 is 0.551 bits per heavy atom. The number of aromatic nitrogens is 4. The third kappa shape index (κ3) is 8.53. The van der Waals surface area contributed by atoms with Crippen molar-refractivity contribution in [1.29, 1.82) is 0 Å². The topological polar surface area (TPSA) is 413 Å². The lowest BCUT2D eigenvalue weighted by atomic mass is 9.89. The molecule has 6 amide bonds. The van der Waals surface area contributed by atoms with Gasteiger partial charge in [-0.15, -0.1) is 0 Å². The fourth-order valence-electron chi connectivity index (χ4n) is 9.71. The van der Waals surface area contributed by atoms with Crippen molar-refractivity contribution in [2.45, 2.75) is 48.2 Å². The molecule has 1 unspecified atom stereocenters. The van der Waals surface area contributed by atoms with Gasteiger partial charge >= 0.3 is 5.79 Å². The molecule has 0 aliphatic carbocycles. The van der Waals surface area contributed by atoms with Crippen LogP contribution in [0.1, 0.15) is 59.5 Å². The second-order valence-electron chi connectivity index (χ2n) is 18.8.